The molecule has 0 unspecified atom stereocenters. The minimum atomic E-state index is 0.196. The topological polar surface area (TPSA) is 52.0 Å². The zero-order valence-electron chi connectivity index (χ0n) is 11.6. The zero-order valence-corrected chi connectivity index (χ0v) is 11.6. The summed E-state index contributed by atoms with van der Waals surface area (Å²) in [5, 5.41) is 11.2. The number of benzene rings is 1. The van der Waals surface area contributed by atoms with E-state index in [9.17, 15) is 0 Å². The quantitative estimate of drug-likeness (QED) is 0.861. The Hall–Kier alpha value is -1.88. The van der Waals surface area contributed by atoms with Gasteiger partial charge in [-0.3, -0.25) is 0 Å². The van der Waals surface area contributed by atoms with E-state index < -0.39 is 0 Å². The molecule has 0 amide bonds. The van der Waals surface area contributed by atoms with Crippen LogP contribution < -0.4 is 10.1 Å². The second kappa shape index (κ2) is 6.33. The minimum absolute atomic E-state index is 0.196. The number of ether oxygens (including phenoxy) is 1. The second-order valence-electron chi connectivity index (χ2n) is 4.78. The van der Waals surface area contributed by atoms with E-state index in [4.69, 9.17) is 4.74 Å². The maximum atomic E-state index is 5.67. The molecule has 0 spiro atoms. The average molecular weight is 260 g/mol. The molecule has 1 heterocycles. The van der Waals surface area contributed by atoms with Gasteiger partial charge < -0.3 is 14.6 Å². The summed E-state index contributed by atoms with van der Waals surface area (Å²) in [6.45, 7) is 5.53. The number of aromatic nitrogens is 3. The number of hydrogen-bond acceptors (Lipinski definition) is 4. The Bertz CT molecular complexity index is 522. The standard InChI is InChI=1S/C14H20N4O/c1-11(2)19-13-6-4-5-12(7-13)8-15-9-14-17-16-10-18(14)3/h4-7,10-11,15H,8-9H2,1-3H3. The van der Waals surface area contributed by atoms with Crippen molar-refractivity contribution in [2.24, 2.45) is 7.05 Å². The Morgan fingerprint density at radius 2 is 2.16 bits per heavy atom. The van der Waals surface area contributed by atoms with Gasteiger partial charge in [-0.25, -0.2) is 0 Å². The third kappa shape index (κ3) is 4.06. The van der Waals surface area contributed by atoms with Crippen LogP contribution in [0.3, 0.4) is 0 Å². The van der Waals surface area contributed by atoms with E-state index >= 15 is 0 Å². The molecule has 0 atom stereocenters. The van der Waals surface area contributed by atoms with Crippen LogP contribution in [0.2, 0.25) is 0 Å². The first-order valence-corrected chi connectivity index (χ1v) is 6.44. The fourth-order valence-electron chi connectivity index (χ4n) is 1.79. The van der Waals surface area contributed by atoms with E-state index in [1.165, 1.54) is 5.56 Å². The average Bonchev–Trinajstić information content (AvgIpc) is 2.75. The lowest BCUT2D eigenvalue weighted by Crippen LogP contribution is -2.15. The summed E-state index contributed by atoms with van der Waals surface area (Å²) < 4.78 is 7.58. The van der Waals surface area contributed by atoms with Gasteiger partial charge in [-0.1, -0.05) is 12.1 Å². The van der Waals surface area contributed by atoms with Crippen LogP contribution >= 0.6 is 0 Å². The Morgan fingerprint density at radius 1 is 1.32 bits per heavy atom. The van der Waals surface area contributed by atoms with Crippen LogP contribution in [0.25, 0.3) is 0 Å². The molecule has 1 aromatic carbocycles. The van der Waals surface area contributed by atoms with Crippen LogP contribution in [-0.2, 0) is 20.1 Å². The van der Waals surface area contributed by atoms with Gasteiger partial charge in [0.15, 0.2) is 0 Å². The van der Waals surface area contributed by atoms with E-state index in [0.717, 1.165) is 18.1 Å². The van der Waals surface area contributed by atoms with Gasteiger partial charge in [0.25, 0.3) is 0 Å². The maximum Gasteiger partial charge on any atom is 0.146 e. The fourth-order valence-corrected chi connectivity index (χ4v) is 1.79. The summed E-state index contributed by atoms with van der Waals surface area (Å²) in [5.74, 6) is 1.84. The smallest absolute Gasteiger partial charge is 0.146 e. The van der Waals surface area contributed by atoms with E-state index in [2.05, 4.69) is 27.6 Å². The lowest BCUT2D eigenvalue weighted by Gasteiger charge is -2.11. The Morgan fingerprint density at radius 3 is 2.84 bits per heavy atom. The Balaban J connectivity index is 1.87. The highest BCUT2D eigenvalue weighted by Crippen LogP contribution is 2.14. The molecule has 0 saturated carbocycles. The summed E-state index contributed by atoms with van der Waals surface area (Å²) in [5.41, 5.74) is 1.19. The molecule has 0 saturated heterocycles. The monoisotopic (exact) mass is 260 g/mol. The summed E-state index contributed by atoms with van der Waals surface area (Å²) in [7, 11) is 1.94. The number of rotatable bonds is 6. The highest BCUT2D eigenvalue weighted by molar-refractivity contribution is 5.28. The SMILES string of the molecule is CC(C)Oc1cccc(CNCc2nncn2C)c1. The van der Waals surface area contributed by atoms with Crippen molar-refractivity contribution >= 4 is 0 Å². The van der Waals surface area contributed by atoms with Crippen LogP contribution in [0, 0.1) is 0 Å². The number of nitrogens with zero attached hydrogens (tertiary/aromatic N) is 3. The first-order valence-electron chi connectivity index (χ1n) is 6.44. The molecule has 19 heavy (non-hydrogen) atoms. The third-order valence-corrected chi connectivity index (χ3v) is 2.69. The van der Waals surface area contributed by atoms with Crippen molar-refractivity contribution in [3.05, 3.63) is 42.0 Å². The van der Waals surface area contributed by atoms with Gasteiger partial charge in [-0.2, -0.15) is 0 Å². The summed E-state index contributed by atoms with van der Waals surface area (Å²) in [6, 6.07) is 8.13. The third-order valence-electron chi connectivity index (χ3n) is 2.69. The molecule has 5 nitrogen and oxygen atoms in total. The van der Waals surface area contributed by atoms with Crippen molar-refractivity contribution in [1.29, 1.82) is 0 Å². The predicted molar refractivity (Wildman–Crippen MR) is 73.8 cm³/mol. The van der Waals surface area contributed by atoms with Crippen LogP contribution in [0.1, 0.15) is 25.2 Å². The van der Waals surface area contributed by atoms with E-state index in [-0.39, 0.29) is 6.10 Å². The number of nitrogens with one attached hydrogen (secondary N) is 1. The largest absolute Gasteiger partial charge is 0.491 e. The maximum absolute atomic E-state index is 5.67. The molecular formula is C14H20N4O. The molecule has 2 aromatic rings. The van der Waals surface area contributed by atoms with E-state index in [0.29, 0.717) is 6.54 Å². The molecule has 0 aliphatic rings. The molecule has 0 aliphatic carbocycles. The van der Waals surface area contributed by atoms with E-state index in [1.54, 1.807) is 6.33 Å². The minimum Gasteiger partial charge on any atom is -0.491 e. The van der Waals surface area contributed by atoms with E-state index in [1.807, 2.05) is 37.6 Å². The molecule has 2 rings (SSSR count). The molecule has 0 bridgehead atoms. The second-order valence-corrected chi connectivity index (χ2v) is 4.78. The van der Waals surface area contributed by atoms with Crippen molar-refractivity contribution in [3.63, 3.8) is 0 Å². The summed E-state index contributed by atoms with van der Waals surface area (Å²) in [4.78, 5) is 0. The number of hydrogen-bond donors (Lipinski definition) is 1. The van der Waals surface area contributed by atoms with Gasteiger partial charge in [0.2, 0.25) is 0 Å². The van der Waals surface area contributed by atoms with Crippen molar-refractivity contribution in [1.82, 2.24) is 20.1 Å². The van der Waals surface area contributed by atoms with Crippen LogP contribution in [-0.4, -0.2) is 20.9 Å². The Kier molecular flexibility index (Phi) is 4.52. The molecule has 5 heteroatoms. The molecule has 1 aromatic heterocycles. The molecule has 102 valence electrons. The van der Waals surface area contributed by atoms with Crippen molar-refractivity contribution in [2.45, 2.75) is 33.0 Å². The first kappa shape index (κ1) is 13.5. The molecule has 0 fully saturated rings. The van der Waals surface area contributed by atoms with Gasteiger partial charge in [0.05, 0.1) is 12.6 Å². The van der Waals surface area contributed by atoms with Crippen LogP contribution in [0.4, 0.5) is 0 Å². The van der Waals surface area contributed by atoms with Crippen LogP contribution in [0.5, 0.6) is 5.75 Å². The molecular weight excluding hydrogens is 240 g/mol. The lowest BCUT2D eigenvalue weighted by atomic mass is 10.2. The fraction of sp³-hybridized carbons (Fsp3) is 0.429. The first-order chi connectivity index (χ1) is 9.15. The van der Waals surface area contributed by atoms with Gasteiger partial charge in [-0.15, -0.1) is 10.2 Å². The van der Waals surface area contributed by atoms with Gasteiger partial charge in [-0.05, 0) is 31.5 Å². The predicted octanol–water partition coefficient (Wildman–Crippen LogP) is 1.89. The summed E-state index contributed by atoms with van der Waals surface area (Å²) in [6.07, 6.45) is 1.90. The molecule has 1 N–H and O–H groups in total. The van der Waals surface area contributed by atoms with Gasteiger partial charge >= 0.3 is 0 Å². The van der Waals surface area contributed by atoms with Gasteiger partial charge in [0, 0.05) is 13.6 Å². The van der Waals surface area contributed by atoms with Crippen molar-refractivity contribution in [3.8, 4) is 5.75 Å². The molecule has 0 radical (unpaired) electrons. The zero-order chi connectivity index (χ0) is 13.7. The van der Waals surface area contributed by atoms with Crippen molar-refractivity contribution < 1.29 is 4.74 Å². The summed E-state index contributed by atoms with van der Waals surface area (Å²) >= 11 is 0. The van der Waals surface area contributed by atoms with Crippen molar-refractivity contribution in [2.75, 3.05) is 0 Å². The van der Waals surface area contributed by atoms with Gasteiger partial charge in [0.1, 0.15) is 17.9 Å². The highest BCUT2D eigenvalue weighted by Gasteiger charge is 2.02. The Labute approximate surface area is 113 Å². The van der Waals surface area contributed by atoms with Crippen LogP contribution in [0.15, 0.2) is 30.6 Å². The lowest BCUT2D eigenvalue weighted by molar-refractivity contribution is 0.242. The highest BCUT2D eigenvalue weighted by atomic mass is 16.5. The normalized spacial score (nSPS) is 10.9. The molecule has 0 aliphatic heterocycles. The number of aryl methyl sites for hydroxylation is 1.